The van der Waals surface area contributed by atoms with Gasteiger partial charge in [0.25, 0.3) is 5.56 Å². The molecule has 8 nitrogen and oxygen atoms in total. The zero-order chi connectivity index (χ0) is 22.8. The van der Waals surface area contributed by atoms with Gasteiger partial charge in [-0.2, -0.15) is 0 Å². The van der Waals surface area contributed by atoms with Crippen molar-refractivity contribution in [2.75, 3.05) is 20.8 Å². The zero-order valence-electron chi connectivity index (χ0n) is 18.1. The summed E-state index contributed by atoms with van der Waals surface area (Å²) in [6, 6.07) is 8.08. The Morgan fingerprint density at radius 2 is 2.03 bits per heavy atom. The van der Waals surface area contributed by atoms with Gasteiger partial charge in [0, 0.05) is 0 Å². The standard InChI is InChI=1S/C23H22N2O6S/c1-5-30-22(27)19-13(2)24-23-25(20(19)16-7-6-10-31-16)21(26)18(32-23)12-14-8-9-15(28-3)17(11-14)29-4/h6-12,20H,5H2,1-4H3. The molecule has 0 fully saturated rings. The van der Waals surface area contributed by atoms with Gasteiger partial charge in [-0.05, 0) is 49.8 Å². The Labute approximate surface area is 187 Å². The molecule has 2 aromatic heterocycles. The van der Waals surface area contributed by atoms with Gasteiger partial charge in [-0.25, -0.2) is 9.79 Å². The Hall–Kier alpha value is -3.59. The van der Waals surface area contributed by atoms with Gasteiger partial charge in [0.2, 0.25) is 0 Å². The molecule has 9 heteroatoms. The Balaban J connectivity index is 1.90. The third-order valence-electron chi connectivity index (χ3n) is 5.04. The van der Waals surface area contributed by atoms with E-state index in [1.165, 1.54) is 22.2 Å². The number of thiazole rings is 1. The smallest absolute Gasteiger partial charge is 0.338 e. The summed E-state index contributed by atoms with van der Waals surface area (Å²) in [6.07, 6.45) is 3.27. The van der Waals surface area contributed by atoms with E-state index < -0.39 is 12.0 Å². The number of fused-ring (bicyclic) bond motifs is 1. The van der Waals surface area contributed by atoms with E-state index in [9.17, 15) is 9.59 Å². The minimum Gasteiger partial charge on any atom is -0.493 e. The number of hydrogen-bond acceptors (Lipinski definition) is 8. The topological polar surface area (TPSA) is 92.3 Å². The fourth-order valence-electron chi connectivity index (χ4n) is 3.60. The van der Waals surface area contributed by atoms with E-state index in [0.29, 0.717) is 32.3 Å². The number of hydrogen-bond donors (Lipinski definition) is 0. The normalized spacial score (nSPS) is 15.9. The Morgan fingerprint density at radius 3 is 2.69 bits per heavy atom. The second-order valence-corrected chi connectivity index (χ2v) is 7.94. The van der Waals surface area contributed by atoms with Crippen molar-refractivity contribution in [3.63, 3.8) is 0 Å². The van der Waals surface area contributed by atoms with E-state index in [-0.39, 0.29) is 17.7 Å². The van der Waals surface area contributed by atoms with Crippen molar-refractivity contribution >= 4 is 23.4 Å². The average molecular weight is 455 g/mol. The maximum Gasteiger partial charge on any atom is 0.338 e. The van der Waals surface area contributed by atoms with Crippen molar-refractivity contribution in [2.45, 2.75) is 19.9 Å². The van der Waals surface area contributed by atoms with Crippen LogP contribution in [0.15, 0.2) is 62.1 Å². The highest BCUT2D eigenvalue weighted by Gasteiger charge is 2.35. The van der Waals surface area contributed by atoms with Crippen LogP contribution in [0.25, 0.3) is 6.08 Å². The van der Waals surface area contributed by atoms with E-state index in [4.69, 9.17) is 18.6 Å². The molecule has 32 heavy (non-hydrogen) atoms. The lowest BCUT2D eigenvalue weighted by atomic mass is 10.0. The second-order valence-electron chi connectivity index (χ2n) is 6.93. The molecule has 0 aliphatic carbocycles. The van der Waals surface area contributed by atoms with Gasteiger partial charge in [0.15, 0.2) is 16.3 Å². The summed E-state index contributed by atoms with van der Waals surface area (Å²) >= 11 is 1.24. The van der Waals surface area contributed by atoms with E-state index in [1.807, 2.05) is 6.07 Å². The fourth-order valence-corrected chi connectivity index (χ4v) is 4.65. The molecule has 4 rings (SSSR count). The van der Waals surface area contributed by atoms with Crippen LogP contribution in [0.3, 0.4) is 0 Å². The van der Waals surface area contributed by atoms with Crippen LogP contribution in [0.1, 0.15) is 31.2 Å². The van der Waals surface area contributed by atoms with E-state index >= 15 is 0 Å². The van der Waals surface area contributed by atoms with Gasteiger partial charge in [-0.1, -0.05) is 17.4 Å². The first kappa shape index (κ1) is 21.6. The SMILES string of the molecule is CCOC(=O)C1=C(C)N=c2sc(=Cc3ccc(OC)c(OC)c3)c(=O)n2C1c1ccco1. The predicted octanol–water partition coefficient (Wildman–Crippen LogP) is 2.41. The first-order valence-corrected chi connectivity index (χ1v) is 10.7. The summed E-state index contributed by atoms with van der Waals surface area (Å²) in [5.41, 5.74) is 1.26. The minimum absolute atomic E-state index is 0.213. The van der Waals surface area contributed by atoms with Gasteiger partial charge in [-0.15, -0.1) is 0 Å². The molecule has 3 heterocycles. The molecule has 0 saturated heterocycles. The third kappa shape index (κ3) is 3.75. The zero-order valence-corrected chi connectivity index (χ0v) is 18.9. The lowest BCUT2D eigenvalue weighted by Crippen LogP contribution is -2.39. The molecule has 1 aliphatic rings. The molecule has 0 spiro atoms. The second kappa shape index (κ2) is 8.88. The highest BCUT2D eigenvalue weighted by Crippen LogP contribution is 2.31. The van der Waals surface area contributed by atoms with Crippen molar-refractivity contribution in [3.8, 4) is 11.5 Å². The number of carbonyl (C=O) groups is 1. The first-order valence-electron chi connectivity index (χ1n) is 9.93. The Kier molecular flexibility index (Phi) is 6.00. The van der Waals surface area contributed by atoms with Crippen LogP contribution in [-0.4, -0.2) is 31.4 Å². The van der Waals surface area contributed by atoms with Crippen molar-refractivity contribution in [2.24, 2.45) is 4.99 Å². The third-order valence-corrected chi connectivity index (χ3v) is 6.02. The molecule has 166 valence electrons. The molecule has 3 aromatic rings. The van der Waals surface area contributed by atoms with E-state index in [1.54, 1.807) is 58.4 Å². The number of esters is 1. The van der Waals surface area contributed by atoms with Crippen LogP contribution in [0.5, 0.6) is 11.5 Å². The summed E-state index contributed by atoms with van der Waals surface area (Å²) in [4.78, 5) is 31.2. The maximum absolute atomic E-state index is 13.4. The molecule has 0 radical (unpaired) electrons. The van der Waals surface area contributed by atoms with Gasteiger partial charge < -0.3 is 18.6 Å². The average Bonchev–Trinajstić information content (AvgIpc) is 3.41. The summed E-state index contributed by atoms with van der Waals surface area (Å²) in [6.45, 7) is 3.67. The first-order chi connectivity index (χ1) is 15.5. The van der Waals surface area contributed by atoms with Crippen LogP contribution in [0.2, 0.25) is 0 Å². The maximum atomic E-state index is 13.4. The van der Waals surface area contributed by atoms with Gasteiger partial charge in [0.1, 0.15) is 11.8 Å². The Bertz CT molecular complexity index is 1360. The van der Waals surface area contributed by atoms with Crippen LogP contribution in [0.4, 0.5) is 0 Å². The molecular weight excluding hydrogens is 432 g/mol. The quantitative estimate of drug-likeness (QED) is 0.531. The lowest BCUT2D eigenvalue weighted by molar-refractivity contribution is -0.139. The van der Waals surface area contributed by atoms with Gasteiger partial charge in [0.05, 0.1) is 42.9 Å². The predicted molar refractivity (Wildman–Crippen MR) is 119 cm³/mol. The minimum atomic E-state index is -0.757. The van der Waals surface area contributed by atoms with Crippen molar-refractivity contribution in [3.05, 3.63) is 78.9 Å². The molecule has 1 aromatic carbocycles. The van der Waals surface area contributed by atoms with E-state index in [2.05, 4.69) is 4.99 Å². The van der Waals surface area contributed by atoms with Crippen LogP contribution in [-0.2, 0) is 9.53 Å². The number of benzene rings is 1. The number of carbonyl (C=O) groups excluding carboxylic acids is 1. The van der Waals surface area contributed by atoms with E-state index in [0.717, 1.165) is 5.56 Å². The fraction of sp³-hybridized carbons (Fsp3) is 0.261. The van der Waals surface area contributed by atoms with Crippen LogP contribution < -0.4 is 24.4 Å². The monoisotopic (exact) mass is 454 g/mol. The number of aromatic nitrogens is 1. The molecule has 0 N–H and O–H groups in total. The summed E-state index contributed by atoms with van der Waals surface area (Å²) in [7, 11) is 3.12. The summed E-state index contributed by atoms with van der Waals surface area (Å²) in [5, 5.41) is 0. The summed E-state index contributed by atoms with van der Waals surface area (Å²) < 4.78 is 23.4. The number of furan rings is 1. The summed E-state index contributed by atoms with van der Waals surface area (Å²) in [5.74, 6) is 1.09. The molecule has 0 bridgehead atoms. The molecule has 1 unspecified atom stereocenters. The lowest BCUT2D eigenvalue weighted by Gasteiger charge is -2.22. The molecular formula is C23H22N2O6S. The molecule has 0 saturated carbocycles. The highest BCUT2D eigenvalue weighted by molar-refractivity contribution is 7.07. The largest absolute Gasteiger partial charge is 0.493 e. The Morgan fingerprint density at radius 1 is 1.25 bits per heavy atom. The number of allylic oxidation sites excluding steroid dienone is 1. The van der Waals surface area contributed by atoms with Crippen molar-refractivity contribution in [1.29, 1.82) is 0 Å². The number of rotatable bonds is 6. The number of ether oxygens (including phenoxy) is 3. The molecule has 1 atom stereocenters. The number of nitrogens with zero attached hydrogens (tertiary/aromatic N) is 2. The van der Waals surface area contributed by atoms with Crippen LogP contribution in [0, 0.1) is 0 Å². The molecule has 1 aliphatic heterocycles. The van der Waals surface area contributed by atoms with Gasteiger partial charge in [-0.3, -0.25) is 9.36 Å². The van der Waals surface area contributed by atoms with Crippen molar-refractivity contribution in [1.82, 2.24) is 4.57 Å². The molecule has 0 amide bonds. The highest BCUT2D eigenvalue weighted by atomic mass is 32.1. The van der Waals surface area contributed by atoms with Crippen LogP contribution >= 0.6 is 11.3 Å². The van der Waals surface area contributed by atoms with Crippen molar-refractivity contribution < 1.29 is 23.4 Å². The number of methoxy groups -OCH3 is 2. The van der Waals surface area contributed by atoms with Gasteiger partial charge >= 0.3 is 5.97 Å².